The Hall–Kier alpha value is -1.70. The molecule has 0 bridgehead atoms. The molecule has 0 spiro atoms. The number of benzene rings is 1. The highest BCUT2D eigenvalue weighted by molar-refractivity contribution is 7.89. The van der Waals surface area contributed by atoms with Crippen molar-refractivity contribution in [1.29, 1.82) is 0 Å². The van der Waals surface area contributed by atoms with Gasteiger partial charge in [0.15, 0.2) is 0 Å². The van der Waals surface area contributed by atoms with Gasteiger partial charge in [0.05, 0.1) is 10.9 Å². The van der Waals surface area contributed by atoms with E-state index in [-0.39, 0.29) is 10.9 Å². The Balaban J connectivity index is 2.24. The van der Waals surface area contributed by atoms with Crippen LogP contribution in [0.1, 0.15) is 37.3 Å². The normalized spacial score (nSPS) is 14.9. The second-order valence-corrected chi connectivity index (χ2v) is 6.39. The fraction of sp³-hybridized carbons (Fsp3) is 0.308. The molecule has 0 radical (unpaired) electrons. The van der Waals surface area contributed by atoms with Crippen molar-refractivity contribution in [3.05, 3.63) is 48.0 Å². The average molecular weight is 294 g/mol. The lowest BCUT2D eigenvalue weighted by Gasteiger charge is -2.13. The molecule has 20 heavy (non-hydrogen) atoms. The van der Waals surface area contributed by atoms with Crippen LogP contribution in [0.5, 0.6) is 0 Å². The number of sulfonamides is 1. The number of nitrogens with two attached hydrogens (primary N) is 1. The van der Waals surface area contributed by atoms with E-state index >= 15 is 0 Å². The van der Waals surface area contributed by atoms with Gasteiger partial charge in [-0.05, 0) is 31.5 Å². The van der Waals surface area contributed by atoms with Gasteiger partial charge in [-0.1, -0.05) is 12.1 Å². The summed E-state index contributed by atoms with van der Waals surface area (Å²) in [5.41, 5.74) is 6.55. The van der Waals surface area contributed by atoms with E-state index in [1.165, 1.54) is 0 Å². The molecule has 2 atom stereocenters. The topological polar surface area (TPSA) is 101 Å². The van der Waals surface area contributed by atoms with E-state index in [0.717, 1.165) is 5.56 Å². The van der Waals surface area contributed by atoms with Crippen LogP contribution in [-0.4, -0.2) is 18.4 Å². The minimum Gasteiger partial charge on any atom is -0.347 e. The summed E-state index contributed by atoms with van der Waals surface area (Å²) in [5, 5.41) is 0. The first-order chi connectivity index (χ1) is 9.40. The van der Waals surface area contributed by atoms with E-state index in [1.54, 1.807) is 43.6 Å². The molecular weight excluding hydrogens is 276 g/mol. The molecule has 1 aromatic carbocycles. The maximum Gasteiger partial charge on any atom is 0.241 e. The molecule has 0 saturated heterocycles. The summed E-state index contributed by atoms with van der Waals surface area (Å²) >= 11 is 0. The predicted octanol–water partition coefficient (Wildman–Crippen LogP) is 1.47. The first-order valence-corrected chi connectivity index (χ1v) is 7.75. The van der Waals surface area contributed by atoms with Crippen molar-refractivity contribution in [2.75, 3.05) is 0 Å². The number of hydrogen-bond acceptors (Lipinski definition) is 4. The number of hydrogen-bond donors (Lipinski definition) is 3. The number of aromatic nitrogens is 2. The molecule has 2 rings (SSSR count). The zero-order valence-corrected chi connectivity index (χ0v) is 12.2. The van der Waals surface area contributed by atoms with Gasteiger partial charge in [-0.15, -0.1) is 0 Å². The molecule has 108 valence electrons. The molecule has 0 aliphatic heterocycles. The van der Waals surface area contributed by atoms with Crippen LogP contribution in [0.2, 0.25) is 0 Å². The third kappa shape index (κ3) is 3.24. The van der Waals surface area contributed by atoms with Crippen LogP contribution < -0.4 is 10.5 Å². The van der Waals surface area contributed by atoms with Crippen LogP contribution in [0.15, 0.2) is 41.6 Å². The lowest BCUT2D eigenvalue weighted by Crippen LogP contribution is -2.27. The van der Waals surface area contributed by atoms with Crippen LogP contribution in [-0.2, 0) is 10.0 Å². The lowest BCUT2D eigenvalue weighted by molar-refractivity contribution is 0.561. The maximum absolute atomic E-state index is 12.3. The second kappa shape index (κ2) is 5.74. The number of nitrogens with zero attached hydrogens (tertiary/aromatic N) is 1. The number of imidazole rings is 1. The third-order valence-electron chi connectivity index (χ3n) is 2.96. The van der Waals surface area contributed by atoms with Crippen LogP contribution in [0.25, 0.3) is 0 Å². The van der Waals surface area contributed by atoms with Crippen LogP contribution in [0.3, 0.4) is 0 Å². The molecule has 0 aliphatic rings. The van der Waals surface area contributed by atoms with Crippen LogP contribution in [0, 0.1) is 0 Å². The van der Waals surface area contributed by atoms with Gasteiger partial charge in [0.2, 0.25) is 10.0 Å². The zero-order chi connectivity index (χ0) is 14.8. The molecule has 0 fully saturated rings. The van der Waals surface area contributed by atoms with E-state index in [9.17, 15) is 8.42 Å². The summed E-state index contributed by atoms with van der Waals surface area (Å²) in [4.78, 5) is 7.12. The van der Waals surface area contributed by atoms with Gasteiger partial charge in [-0.2, -0.15) is 0 Å². The molecule has 0 amide bonds. The molecule has 1 heterocycles. The molecule has 2 aromatic rings. The zero-order valence-electron chi connectivity index (χ0n) is 11.4. The Bertz CT molecular complexity index is 665. The number of H-pyrrole nitrogens is 1. The smallest absolute Gasteiger partial charge is 0.241 e. The Morgan fingerprint density at radius 3 is 2.70 bits per heavy atom. The van der Waals surface area contributed by atoms with E-state index in [2.05, 4.69) is 14.7 Å². The summed E-state index contributed by atoms with van der Waals surface area (Å²) in [7, 11) is -3.61. The van der Waals surface area contributed by atoms with E-state index in [1.807, 2.05) is 6.92 Å². The van der Waals surface area contributed by atoms with Gasteiger partial charge in [0, 0.05) is 18.4 Å². The highest BCUT2D eigenvalue weighted by atomic mass is 32.2. The van der Waals surface area contributed by atoms with Crippen molar-refractivity contribution in [2.45, 2.75) is 30.8 Å². The number of nitrogens with one attached hydrogen (secondary N) is 2. The molecular formula is C13H18N4O2S. The number of rotatable bonds is 5. The first-order valence-electron chi connectivity index (χ1n) is 6.27. The Morgan fingerprint density at radius 1 is 1.35 bits per heavy atom. The Morgan fingerprint density at radius 2 is 2.10 bits per heavy atom. The van der Waals surface area contributed by atoms with Gasteiger partial charge in [-0.25, -0.2) is 18.1 Å². The molecule has 0 aliphatic carbocycles. The minimum absolute atomic E-state index is 0.200. The largest absolute Gasteiger partial charge is 0.347 e. The SMILES string of the molecule is CC(N)c1cccc(S(=O)(=O)NC(C)c2ncc[nH]2)c1. The third-order valence-corrected chi connectivity index (χ3v) is 4.49. The minimum atomic E-state index is -3.61. The van der Waals surface area contributed by atoms with Crippen molar-refractivity contribution >= 4 is 10.0 Å². The predicted molar refractivity (Wildman–Crippen MR) is 76.4 cm³/mol. The Kier molecular flexibility index (Phi) is 4.22. The summed E-state index contributed by atoms with van der Waals surface area (Å²) in [6.07, 6.45) is 3.23. The van der Waals surface area contributed by atoms with E-state index in [0.29, 0.717) is 5.82 Å². The van der Waals surface area contributed by atoms with E-state index < -0.39 is 16.1 Å². The van der Waals surface area contributed by atoms with Crippen molar-refractivity contribution in [3.8, 4) is 0 Å². The molecule has 6 nitrogen and oxygen atoms in total. The van der Waals surface area contributed by atoms with Crippen molar-refractivity contribution in [3.63, 3.8) is 0 Å². The summed E-state index contributed by atoms with van der Waals surface area (Å²) in [5.74, 6) is 0.567. The molecule has 4 N–H and O–H groups in total. The van der Waals surface area contributed by atoms with E-state index in [4.69, 9.17) is 5.73 Å². The highest BCUT2D eigenvalue weighted by Gasteiger charge is 2.20. The standard InChI is InChI=1S/C13H18N4O2S/c1-9(14)11-4-3-5-12(8-11)20(18,19)17-10(2)13-15-6-7-16-13/h3-10,17H,14H2,1-2H3,(H,15,16). The molecule has 2 unspecified atom stereocenters. The van der Waals surface area contributed by atoms with Crippen molar-refractivity contribution in [1.82, 2.24) is 14.7 Å². The average Bonchev–Trinajstić information content (AvgIpc) is 2.92. The van der Waals surface area contributed by atoms with Gasteiger partial charge < -0.3 is 10.7 Å². The first kappa shape index (κ1) is 14.7. The summed E-state index contributed by atoms with van der Waals surface area (Å²) < 4.78 is 27.2. The van der Waals surface area contributed by atoms with Crippen molar-refractivity contribution < 1.29 is 8.42 Å². The molecule has 1 aromatic heterocycles. The highest BCUT2D eigenvalue weighted by Crippen LogP contribution is 2.18. The fourth-order valence-corrected chi connectivity index (χ4v) is 3.10. The van der Waals surface area contributed by atoms with Crippen LogP contribution in [0.4, 0.5) is 0 Å². The quantitative estimate of drug-likeness (QED) is 0.777. The fourth-order valence-electron chi connectivity index (χ4n) is 1.84. The van der Waals surface area contributed by atoms with Gasteiger partial charge in [-0.3, -0.25) is 0 Å². The van der Waals surface area contributed by atoms with Gasteiger partial charge >= 0.3 is 0 Å². The second-order valence-electron chi connectivity index (χ2n) is 4.68. The van der Waals surface area contributed by atoms with Crippen molar-refractivity contribution in [2.24, 2.45) is 5.73 Å². The molecule has 7 heteroatoms. The van der Waals surface area contributed by atoms with Gasteiger partial charge in [0.25, 0.3) is 0 Å². The van der Waals surface area contributed by atoms with Crippen LogP contribution >= 0.6 is 0 Å². The number of aromatic amines is 1. The maximum atomic E-state index is 12.3. The summed E-state index contributed by atoms with van der Waals surface area (Å²) in [6, 6.07) is 5.97. The monoisotopic (exact) mass is 294 g/mol. The lowest BCUT2D eigenvalue weighted by atomic mass is 10.1. The Labute approximate surface area is 118 Å². The summed E-state index contributed by atoms with van der Waals surface area (Å²) in [6.45, 7) is 3.54. The molecule has 0 saturated carbocycles. The van der Waals surface area contributed by atoms with Gasteiger partial charge in [0.1, 0.15) is 5.82 Å².